The molecule has 0 spiro atoms. The van der Waals surface area contributed by atoms with E-state index in [2.05, 4.69) is 10.3 Å². The van der Waals surface area contributed by atoms with E-state index in [1.54, 1.807) is 35.7 Å². The fourth-order valence-corrected chi connectivity index (χ4v) is 5.12. The number of fused-ring (bicyclic) bond motifs is 1. The van der Waals surface area contributed by atoms with Crippen LogP contribution in [-0.2, 0) is 9.53 Å². The molecular weight excluding hydrogens is 566 g/mol. The van der Waals surface area contributed by atoms with Gasteiger partial charge < -0.3 is 4.74 Å². The first-order valence-corrected chi connectivity index (χ1v) is 13.9. The fourth-order valence-electron chi connectivity index (χ4n) is 4.39. The molecule has 1 amide bonds. The summed E-state index contributed by atoms with van der Waals surface area (Å²) in [6, 6.07) is 30.4. The van der Waals surface area contributed by atoms with Crippen LogP contribution in [0.3, 0.4) is 0 Å². The Morgan fingerprint density at radius 1 is 0.767 bits per heavy atom. The van der Waals surface area contributed by atoms with Gasteiger partial charge >= 0.3 is 5.97 Å². The molecule has 1 N–H and O–H groups in total. The molecular formula is C32H21N5O5S. The molecule has 0 atom stereocenters. The molecule has 0 fully saturated rings. The molecule has 6 rings (SSSR count). The van der Waals surface area contributed by atoms with Crippen LogP contribution in [0.25, 0.3) is 44.8 Å². The minimum absolute atomic E-state index is 0.0596. The molecule has 4 aromatic carbocycles. The monoisotopic (exact) mass is 587 g/mol. The van der Waals surface area contributed by atoms with Crippen LogP contribution >= 0.6 is 11.3 Å². The molecule has 0 bridgehead atoms. The molecule has 0 aliphatic heterocycles. The average molecular weight is 588 g/mol. The van der Waals surface area contributed by atoms with Gasteiger partial charge in [-0.2, -0.15) is 0 Å². The first-order valence-electron chi connectivity index (χ1n) is 13.0. The lowest BCUT2D eigenvalue weighted by atomic mass is 10.0. The minimum atomic E-state index is -0.691. The number of nitro benzene ring substituents is 1. The van der Waals surface area contributed by atoms with Crippen LogP contribution in [0.1, 0.15) is 10.4 Å². The van der Waals surface area contributed by atoms with Crippen LogP contribution in [0.2, 0.25) is 0 Å². The van der Waals surface area contributed by atoms with Crippen molar-refractivity contribution in [3.05, 3.63) is 124 Å². The Morgan fingerprint density at radius 2 is 1.42 bits per heavy atom. The zero-order valence-corrected chi connectivity index (χ0v) is 23.2. The topological polar surface area (TPSA) is 137 Å². The fraction of sp³-hybridized carbons (Fsp3) is 0.0312. The Bertz CT molecular complexity index is 1980. The van der Waals surface area contributed by atoms with Gasteiger partial charge in [-0.25, -0.2) is 19.7 Å². The van der Waals surface area contributed by atoms with Crippen molar-refractivity contribution < 1.29 is 19.2 Å². The van der Waals surface area contributed by atoms with E-state index in [1.165, 1.54) is 12.1 Å². The van der Waals surface area contributed by atoms with Gasteiger partial charge in [0.05, 0.1) is 38.6 Å². The summed E-state index contributed by atoms with van der Waals surface area (Å²) in [6.07, 6.45) is 0. The lowest BCUT2D eigenvalue weighted by molar-refractivity contribution is -0.384. The van der Waals surface area contributed by atoms with Crippen molar-refractivity contribution in [3.63, 3.8) is 0 Å². The Kier molecular flexibility index (Phi) is 7.62. The van der Waals surface area contributed by atoms with Gasteiger partial charge in [0.15, 0.2) is 11.7 Å². The van der Waals surface area contributed by atoms with Crippen molar-refractivity contribution in [2.24, 2.45) is 0 Å². The number of benzene rings is 4. The van der Waals surface area contributed by atoms with Gasteiger partial charge in [-0.15, -0.1) is 11.3 Å². The molecule has 0 radical (unpaired) electrons. The molecule has 2 heterocycles. The second-order valence-electron chi connectivity index (χ2n) is 9.33. The number of nitro groups is 1. The van der Waals surface area contributed by atoms with E-state index in [0.29, 0.717) is 28.0 Å². The average Bonchev–Trinajstić information content (AvgIpc) is 3.52. The summed E-state index contributed by atoms with van der Waals surface area (Å²) in [7, 11) is 0. The van der Waals surface area contributed by atoms with E-state index in [4.69, 9.17) is 14.7 Å². The summed E-state index contributed by atoms with van der Waals surface area (Å²) in [6.45, 7) is -0.531. The zero-order valence-electron chi connectivity index (χ0n) is 22.3. The van der Waals surface area contributed by atoms with Crippen molar-refractivity contribution >= 4 is 45.1 Å². The Balaban J connectivity index is 1.17. The predicted octanol–water partition coefficient (Wildman–Crippen LogP) is 6.79. The number of nitrogens with one attached hydrogen (secondary N) is 1. The number of hydrogen-bond acceptors (Lipinski definition) is 9. The Morgan fingerprint density at radius 3 is 2.09 bits per heavy atom. The number of carbonyl (C=O) groups is 2. The highest BCUT2D eigenvalue weighted by molar-refractivity contribution is 7.14. The lowest BCUT2D eigenvalue weighted by Crippen LogP contribution is -2.20. The SMILES string of the molecule is O=C(COC(=O)c1ccc2nc(-c3ccccc3)c(-c3ccccc3)nc2c1)Nc1nc(-c2cccc([N+](=O)[O-])c2)cs1. The number of hydrogen-bond donors (Lipinski definition) is 1. The maximum Gasteiger partial charge on any atom is 0.338 e. The number of amides is 1. The van der Waals surface area contributed by atoms with E-state index in [1.807, 2.05) is 60.7 Å². The summed E-state index contributed by atoms with van der Waals surface area (Å²) in [5.41, 5.74) is 5.51. The van der Waals surface area contributed by atoms with E-state index in [9.17, 15) is 19.7 Å². The van der Waals surface area contributed by atoms with Gasteiger partial charge in [0, 0.05) is 34.2 Å². The molecule has 0 unspecified atom stereocenters. The largest absolute Gasteiger partial charge is 0.452 e. The summed E-state index contributed by atoms with van der Waals surface area (Å²) in [5.74, 6) is -1.27. The third-order valence-electron chi connectivity index (χ3n) is 6.43. The number of nitrogens with zero attached hydrogens (tertiary/aromatic N) is 4. The molecule has 0 aliphatic rings. The highest BCUT2D eigenvalue weighted by atomic mass is 32.1. The first kappa shape index (κ1) is 27.4. The first-order chi connectivity index (χ1) is 20.9. The highest BCUT2D eigenvalue weighted by Crippen LogP contribution is 2.31. The van der Waals surface area contributed by atoms with Crippen LogP contribution in [-0.4, -0.2) is 38.4 Å². The van der Waals surface area contributed by atoms with Gasteiger partial charge in [-0.05, 0) is 18.2 Å². The number of anilines is 1. The molecule has 0 saturated heterocycles. The van der Waals surface area contributed by atoms with E-state index < -0.39 is 23.4 Å². The quantitative estimate of drug-likeness (QED) is 0.117. The number of esters is 1. The molecule has 10 nitrogen and oxygen atoms in total. The molecule has 43 heavy (non-hydrogen) atoms. The van der Waals surface area contributed by atoms with Crippen molar-refractivity contribution in [3.8, 4) is 33.8 Å². The maximum absolute atomic E-state index is 12.8. The van der Waals surface area contributed by atoms with Crippen LogP contribution in [0.5, 0.6) is 0 Å². The number of carbonyl (C=O) groups excluding carboxylic acids is 2. The van der Waals surface area contributed by atoms with Gasteiger partial charge in [0.2, 0.25) is 0 Å². The molecule has 0 saturated carbocycles. The van der Waals surface area contributed by atoms with Crippen molar-refractivity contribution in [2.45, 2.75) is 0 Å². The van der Waals surface area contributed by atoms with Crippen molar-refractivity contribution in [1.82, 2.24) is 15.0 Å². The number of rotatable bonds is 8. The van der Waals surface area contributed by atoms with Gasteiger partial charge in [0.1, 0.15) is 0 Å². The molecule has 6 aromatic rings. The maximum atomic E-state index is 12.8. The number of ether oxygens (including phenoxy) is 1. The number of non-ortho nitro benzene ring substituents is 1. The van der Waals surface area contributed by atoms with E-state index >= 15 is 0 Å². The molecule has 11 heteroatoms. The lowest BCUT2D eigenvalue weighted by Gasteiger charge is -2.11. The van der Waals surface area contributed by atoms with Gasteiger partial charge in [0.25, 0.3) is 11.6 Å². The summed E-state index contributed by atoms with van der Waals surface area (Å²) < 4.78 is 5.26. The van der Waals surface area contributed by atoms with Crippen LogP contribution in [0.4, 0.5) is 10.8 Å². The van der Waals surface area contributed by atoms with E-state index in [0.717, 1.165) is 28.2 Å². The Labute approximate surface area is 248 Å². The Hall–Kier alpha value is -5.81. The summed E-state index contributed by atoms with van der Waals surface area (Å²) in [5, 5.41) is 15.6. The third kappa shape index (κ3) is 6.11. The minimum Gasteiger partial charge on any atom is -0.452 e. The highest BCUT2D eigenvalue weighted by Gasteiger charge is 2.17. The molecule has 0 aliphatic carbocycles. The van der Waals surface area contributed by atoms with E-state index in [-0.39, 0.29) is 16.4 Å². The molecule has 210 valence electrons. The number of thiazole rings is 1. The van der Waals surface area contributed by atoms with Crippen LogP contribution < -0.4 is 5.32 Å². The second kappa shape index (κ2) is 12.0. The van der Waals surface area contributed by atoms with Gasteiger partial charge in [-0.1, -0.05) is 72.8 Å². The summed E-state index contributed by atoms with van der Waals surface area (Å²) >= 11 is 1.15. The zero-order chi connectivity index (χ0) is 29.8. The third-order valence-corrected chi connectivity index (χ3v) is 7.19. The standard InChI is InChI=1S/C32H21N5O5S/c38-28(36-32-35-27(19-43-32)22-12-7-13-24(16-22)37(40)41)18-42-31(39)23-14-15-25-26(17-23)34-30(21-10-5-2-6-11-21)29(33-25)20-8-3-1-4-9-20/h1-17,19H,18H2,(H,35,36,38). The van der Waals surface area contributed by atoms with Gasteiger partial charge in [-0.3, -0.25) is 20.2 Å². The van der Waals surface area contributed by atoms with Crippen LogP contribution in [0, 0.1) is 10.1 Å². The normalized spacial score (nSPS) is 10.8. The van der Waals surface area contributed by atoms with Crippen molar-refractivity contribution in [1.29, 1.82) is 0 Å². The summed E-state index contributed by atoms with van der Waals surface area (Å²) in [4.78, 5) is 49.9. The predicted molar refractivity (Wildman–Crippen MR) is 164 cm³/mol. The molecule has 2 aromatic heterocycles. The second-order valence-corrected chi connectivity index (χ2v) is 10.2. The van der Waals surface area contributed by atoms with Crippen LogP contribution in [0.15, 0.2) is 109 Å². The van der Waals surface area contributed by atoms with Crippen molar-refractivity contribution in [2.75, 3.05) is 11.9 Å². The smallest absolute Gasteiger partial charge is 0.338 e. The number of aromatic nitrogens is 3.